The van der Waals surface area contributed by atoms with E-state index in [2.05, 4.69) is 44.3 Å². The van der Waals surface area contributed by atoms with E-state index in [9.17, 15) is 4.79 Å². The second kappa shape index (κ2) is 9.49. The molecule has 3 aromatic carbocycles. The average molecular weight is 479 g/mol. The number of aromatic nitrogens is 3. The van der Waals surface area contributed by atoms with Crippen LogP contribution in [0, 0.1) is 0 Å². The van der Waals surface area contributed by atoms with E-state index in [1.165, 1.54) is 11.8 Å². The lowest BCUT2D eigenvalue weighted by Crippen LogP contribution is -2.43. The molecule has 0 atom stereocenters. The van der Waals surface area contributed by atoms with Crippen molar-refractivity contribution >= 4 is 33.7 Å². The highest BCUT2D eigenvalue weighted by atomic mass is 16.3. The van der Waals surface area contributed by atoms with Crippen LogP contribution in [0.3, 0.4) is 0 Å². The number of nitrogens with one attached hydrogen (secondary N) is 1. The van der Waals surface area contributed by atoms with Crippen molar-refractivity contribution in [3.8, 4) is 11.5 Å². The summed E-state index contributed by atoms with van der Waals surface area (Å²) in [5.74, 6) is 0.119. The molecule has 0 spiro atoms. The summed E-state index contributed by atoms with van der Waals surface area (Å²) in [6.45, 7) is 5.19. The van der Waals surface area contributed by atoms with Crippen LogP contribution in [0.1, 0.15) is 16.1 Å². The third-order valence-electron chi connectivity index (χ3n) is 6.54. The number of carbonyl (C=O) groups excluding carboxylic acids is 1. The van der Waals surface area contributed by atoms with E-state index in [-0.39, 0.29) is 11.6 Å². The first-order chi connectivity index (χ1) is 17.6. The van der Waals surface area contributed by atoms with Crippen molar-refractivity contribution in [1.29, 1.82) is 0 Å². The zero-order chi connectivity index (χ0) is 24.5. The number of rotatable bonds is 5. The molecule has 1 N–H and O–H groups in total. The monoisotopic (exact) mass is 478 g/mol. The summed E-state index contributed by atoms with van der Waals surface area (Å²) >= 11 is 0. The average Bonchev–Trinajstić information content (AvgIpc) is 3.33. The predicted octanol–water partition coefficient (Wildman–Crippen LogP) is 4.44. The second-order valence-corrected chi connectivity index (χ2v) is 9.14. The van der Waals surface area contributed by atoms with Gasteiger partial charge in [0, 0.05) is 32.7 Å². The number of hydrogen-bond acceptors (Lipinski definition) is 7. The molecule has 1 aliphatic heterocycles. The summed E-state index contributed by atoms with van der Waals surface area (Å²) < 4.78 is 6.09. The molecule has 1 amide bonds. The molecule has 0 unspecified atom stereocenters. The Balaban J connectivity index is 1.24. The summed E-state index contributed by atoms with van der Waals surface area (Å²) in [6, 6.07) is 21.1. The topological polar surface area (TPSA) is 87.4 Å². The Morgan fingerprint density at radius 1 is 0.917 bits per heavy atom. The number of likely N-dealkylation sites (N-methyl/N-ethyl adjacent to an activating group) is 1. The molecule has 0 radical (unpaired) electrons. The minimum atomic E-state index is -0.341. The first-order valence-corrected chi connectivity index (χ1v) is 12.1. The Bertz CT molecular complexity index is 1550. The number of para-hydroxylation sites is 3. The van der Waals surface area contributed by atoms with Gasteiger partial charge in [0.2, 0.25) is 5.89 Å². The maximum Gasteiger partial charge on any atom is 0.275 e. The second-order valence-electron chi connectivity index (χ2n) is 9.14. The van der Waals surface area contributed by atoms with E-state index in [1.54, 1.807) is 0 Å². The number of nitrogens with zero attached hydrogens (tertiary/aromatic N) is 5. The summed E-state index contributed by atoms with van der Waals surface area (Å²) in [7, 11) is 2.16. The quantitative estimate of drug-likeness (QED) is 0.400. The molecule has 6 rings (SSSR count). The number of hydrogen-bond donors (Lipinski definition) is 1. The Kier molecular flexibility index (Phi) is 5.88. The molecular formula is C28H26N6O2. The van der Waals surface area contributed by atoms with Crippen LogP contribution in [-0.2, 0) is 6.54 Å². The molecular weight excluding hydrogens is 452 g/mol. The molecule has 1 saturated heterocycles. The minimum Gasteiger partial charge on any atom is -0.436 e. The Hall–Kier alpha value is -4.14. The van der Waals surface area contributed by atoms with Gasteiger partial charge in [0.15, 0.2) is 5.58 Å². The van der Waals surface area contributed by atoms with Gasteiger partial charge in [0.25, 0.3) is 5.91 Å². The third kappa shape index (κ3) is 4.56. The van der Waals surface area contributed by atoms with Gasteiger partial charge in [0.05, 0.1) is 28.5 Å². The van der Waals surface area contributed by atoms with Gasteiger partial charge in [-0.2, -0.15) is 0 Å². The third-order valence-corrected chi connectivity index (χ3v) is 6.54. The van der Waals surface area contributed by atoms with E-state index in [4.69, 9.17) is 9.40 Å². The van der Waals surface area contributed by atoms with E-state index in [0.717, 1.165) is 43.8 Å². The highest BCUT2D eigenvalue weighted by Crippen LogP contribution is 2.31. The fourth-order valence-corrected chi connectivity index (χ4v) is 4.48. The van der Waals surface area contributed by atoms with Gasteiger partial charge >= 0.3 is 0 Å². The van der Waals surface area contributed by atoms with Gasteiger partial charge in [0.1, 0.15) is 11.2 Å². The highest BCUT2D eigenvalue weighted by Gasteiger charge is 2.18. The summed E-state index contributed by atoms with van der Waals surface area (Å²) in [5.41, 5.74) is 5.69. The van der Waals surface area contributed by atoms with E-state index in [1.807, 2.05) is 54.6 Å². The fourth-order valence-electron chi connectivity index (χ4n) is 4.48. The van der Waals surface area contributed by atoms with Crippen LogP contribution >= 0.6 is 0 Å². The van der Waals surface area contributed by atoms with E-state index in [0.29, 0.717) is 28.2 Å². The van der Waals surface area contributed by atoms with Gasteiger partial charge in [-0.25, -0.2) is 9.97 Å². The normalized spacial score (nSPS) is 14.9. The molecule has 5 aromatic rings. The highest BCUT2D eigenvalue weighted by molar-refractivity contribution is 6.05. The van der Waals surface area contributed by atoms with Crippen LogP contribution in [-0.4, -0.2) is 63.9 Å². The summed E-state index contributed by atoms with van der Waals surface area (Å²) in [4.78, 5) is 31.4. The van der Waals surface area contributed by atoms with Crippen molar-refractivity contribution in [2.45, 2.75) is 6.54 Å². The maximum absolute atomic E-state index is 13.0. The van der Waals surface area contributed by atoms with Crippen LogP contribution in [0.25, 0.3) is 33.6 Å². The predicted molar refractivity (Wildman–Crippen MR) is 140 cm³/mol. The van der Waals surface area contributed by atoms with E-state index < -0.39 is 0 Å². The van der Waals surface area contributed by atoms with Crippen LogP contribution < -0.4 is 5.32 Å². The number of fused-ring (bicyclic) bond motifs is 2. The SMILES string of the molecule is CN1CCN(Cc2ccc3oc(-c4ccccc4NC(=O)c4cnc5ccccc5n4)nc3c2)CC1. The molecule has 1 fully saturated rings. The van der Waals surface area contributed by atoms with Gasteiger partial charge in [-0.1, -0.05) is 30.3 Å². The summed E-state index contributed by atoms with van der Waals surface area (Å²) in [6.07, 6.45) is 1.49. The Morgan fingerprint density at radius 3 is 2.56 bits per heavy atom. The smallest absolute Gasteiger partial charge is 0.275 e. The van der Waals surface area contributed by atoms with Crippen LogP contribution in [0.2, 0.25) is 0 Å². The first-order valence-electron chi connectivity index (χ1n) is 12.1. The molecule has 0 aliphatic carbocycles. The molecule has 1 aliphatic rings. The molecule has 3 heterocycles. The molecule has 180 valence electrons. The van der Waals surface area contributed by atoms with Crippen molar-refractivity contribution in [3.63, 3.8) is 0 Å². The van der Waals surface area contributed by atoms with Gasteiger partial charge in [-0.15, -0.1) is 0 Å². The maximum atomic E-state index is 13.0. The zero-order valence-corrected chi connectivity index (χ0v) is 20.0. The minimum absolute atomic E-state index is 0.245. The van der Waals surface area contributed by atoms with E-state index >= 15 is 0 Å². The van der Waals surface area contributed by atoms with Crippen molar-refractivity contribution in [1.82, 2.24) is 24.8 Å². The lowest BCUT2D eigenvalue weighted by Gasteiger charge is -2.32. The van der Waals surface area contributed by atoms with Crippen molar-refractivity contribution < 1.29 is 9.21 Å². The number of benzene rings is 3. The molecule has 36 heavy (non-hydrogen) atoms. The van der Waals surface area contributed by atoms with Crippen LogP contribution in [0.15, 0.2) is 77.3 Å². The van der Waals surface area contributed by atoms with Crippen LogP contribution in [0.5, 0.6) is 0 Å². The molecule has 2 aromatic heterocycles. The van der Waals surface area contributed by atoms with Gasteiger partial charge < -0.3 is 14.6 Å². The lowest BCUT2D eigenvalue weighted by molar-refractivity contribution is 0.102. The number of piperazine rings is 1. The van der Waals surface area contributed by atoms with Crippen molar-refractivity contribution in [2.24, 2.45) is 0 Å². The molecule has 0 saturated carbocycles. The summed E-state index contributed by atoms with van der Waals surface area (Å²) in [5, 5.41) is 2.95. The zero-order valence-electron chi connectivity index (χ0n) is 20.0. The molecule has 8 heteroatoms. The largest absolute Gasteiger partial charge is 0.436 e. The number of anilines is 1. The fraction of sp³-hybridized carbons (Fsp3) is 0.214. The molecule has 0 bridgehead atoms. The van der Waals surface area contributed by atoms with Gasteiger partial charge in [-0.3, -0.25) is 14.7 Å². The van der Waals surface area contributed by atoms with Gasteiger partial charge in [-0.05, 0) is 49.0 Å². The number of oxazole rings is 1. The number of carbonyl (C=O) groups is 1. The van der Waals surface area contributed by atoms with Crippen molar-refractivity contribution in [3.05, 3.63) is 84.2 Å². The number of amides is 1. The van der Waals surface area contributed by atoms with Crippen LogP contribution in [0.4, 0.5) is 5.69 Å². The lowest BCUT2D eigenvalue weighted by atomic mass is 10.1. The first kappa shape index (κ1) is 22.3. The standard InChI is InChI=1S/C28H26N6O2/c1-33-12-14-34(15-13-33)18-19-10-11-26-24(16-19)32-28(36-26)20-6-2-3-7-21(20)31-27(35)25-17-29-22-8-4-5-9-23(22)30-25/h2-11,16-17H,12-15,18H2,1H3,(H,31,35). The Labute approximate surface area is 208 Å². The molecule has 8 nitrogen and oxygen atoms in total. The Morgan fingerprint density at radius 2 is 1.69 bits per heavy atom. The van der Waals surface area contributed by atoms with Crippen molar-refractivity contribution in [2.75, 3.05) is 38.5 Å².